The van der Waals surface area contributed by atoms with Gasteiger partial charge in [-0.3, -0.25) is 0 Å². The van der Waals surface area contributed by atoms with Gasteiger partial charge in [0, 0.05) is 44.1 Å². The van der Waals surface area contributed by atoms with Crippen molar-refractivity contribution in [1.82, 2.24) is 4.90 Å². The van der Waals surface area contributed by atoms with E-state index in [-0.39, 0.29) is 5.69 Å². The lowest BCUT2D eigenvalue weighted by molar-refractivity contribution is 0.447. The molecule has 0 aliphatic heterocycles. The Balaban J connectivity index is 2.40. The highest BCUT2D eigenvalue weighted by atomic mass is 35.5. The number of hydrogen-bond donors (Lipinski definition) is 0. The van der Waals surface area contributed by atoms with Crippen LogP contribution in [0.2, 0.25) is 5.02 Å². The molecule has 2 aromatic rings. The molecule has 2 rings (SSSR count). The fourth-order valence-corrected chi connectivity index (χ4v) is 2.44. The highest BCUT2D eigenvalue weighted by Crippen LogP contribution is 2.36. The van der Waals surface area contributed by atoms with E-state index in [9.17, 15) is 13.2 Å². The molecule has 0 unspecified atom stereocenters. The van der Waals surface area contributed by atoms with E-state index in [1.807, 2.05) is 25.8 Å². The lowest BCUT2D eigenvalue weighted by Gasteiger charge is -2.23. The third-order valence-corrected chi connectivity index (χ3v) is 4.18. The van der Waals surface area contributed by atoms with E-state index in [1.165, 1.54) is 0 Å². The van der Waals surface area contributed by atoms with Crippen molar-refractivity contribution in [2.75, 3.05) is 25.5 Å². The molecule has 0 saturated heterocycles. The topological polar surface area (TPSA) is 18.8 Å². The minimum absolute atomic E-state index is 0.178. The van der Waals surface area contributed by atoms with Crippen molar-refractivity contribution >= 4 is 35.0 Å². The molecule has 0 aliphatic rings. The van der Waals surface area contributed by atoms with E-state index in [0.29, 0.717) is 16.4 Å². The molecule has 0 N–H and O–H groups in total. The maximum Gasteiger partial charge on any atom is 0.194 e. The van der Waals surface area contributed by atoms with Crippen molar-refractivity contribution in [3.8, 4) is 0 Å². The second-order valence-electron chi connectivity index (χ2n) is 5.69. The summed E-state index contributed by atoms with van der Waals surface area (Å²) in [7, 11) is 3.52. The second-order valence-corrected chi connectivity index (χ2v) is 6.10. The molecular formula is C18H19ClF3N3. The van der Waals surface area contributed by atoms with Gasteiger partial charge in [-0.15, -0.1) is 0 Å². The van der Waals surface area contributed by atoms with E-state index < -0.39 is 17.5 Å². The van der Waals surface area contributed by atoms with Crippen LogP contribution in [0.1, 0.15) is 12.5 Å². The normalized spacial score (nSPS) is 11.2. The highest BCUT2D eigenvalue weighted by Gasteiger charge is 2.16. The molecule has 3 nitrogen and oxygen atoms in total. The van der Waals surface area contributed by atoms with Crippen LogP contribution in [0.15, 0.2) is 29.3 Å². The van der Waals surface area contributed by atoms with Crippen molar-refractivity contribution in [2.24, 2.45) is 4.99 Å². The Labute approximate surface area is 150 Å². The molecule has 134 valence electrons. The fourth-order valence-electron chi connectivity index (χ4n) is 2.23. The molecule has 0 atom stereocenters. The van der Waals surface area contributed by atoms with Crippen molar-refractivity contribution in [1.29, 1.82) is 0 Å². The summed E-state index contributed by atoms with van der Waals surface area (Å²) in [6, 6.07) is 5.32. The summed E-state index contributed by atoms with van der Waals surface area (Å²) in [4.78, 5) is 7.77. The molecule has 2 aromatic carbocycles. The van der Waals surface area contributed by atoms with Crippen LogP contribution in [0, 0.1) is 24.4 Å². The number of benzene rings is 2. The number of nitrogens with zero attached hydrogens (tertiary/aromatic N) is 3. The van der Waals surface area contributed by atoms with E-state index in [1.54, 1.807) is 30.4 Å². The maximum atomic E-state index is 13.5. The second kappa shape index (κ2) is 7.78. The Hall–Kier alpha value is -2.21. The van der Waals surface area contributed by atoms with Gasteiger partial charge in [0.05, 0.1) is 17.0 Å². The molecular weight excluding hydrogens is 351 g/mol. The minimum atomic E-state index is -1.49. The zero-order valence-electron chi connectivity index (χ0n) is 14.4. The van der Waals surface area contributed by atoms with E-state index in [0.717, 1.165) is 24.2 Å². The first-order valence-corrected chi connectivity index (χ1v) is 8.05. The summed E-state index contributed by atoms with van der Waals surface area (Å²) in [6.07, 6.45) is 1.68. The molecule has 0 bridgehead atoms. The van der Waals surface area contributed by atoms with Gasteiger partial charge in [-0.1, -0.05) is 11.6 Å². The molecule has 0 spiro atoms. The number of aliphatic imine (C=N–C) groups is 1. The zero-order chi connectivity index (χ0) is 18.7. The fraction of sp³-hybridized carbons (Fsp3) is 0.278. The van der Waals surface area contributed by atoms with Crippen LogP contribution in [-0.2, 0) is 0 Å². The quantitative estimate of drug-likeness (QED) is 0.396. The summed E-state index contributed by atoms with van der Waals surface area (Å²) in [6.45, 7) is 4.64. The summed E-state index contributed by atoms with van der Waals surface area (Å²) in [5, 5.41) is 0.399. The molecule has 0 heterocycles. The monoisotopic (exact) mass is 369 g/mol. The molecule has 0 aliphatic carbocycles. The minimum Gasteiger partial charge on any atom is -0.366 e. The van der Waals surface area contributed by atoms with Gasteiger partial charge in [-0.2, -0.15) is 0 Å². The van der Waals surface area contributed by atoms with Gasteiger partial charge in [-0.05, 0) is 31.5 Å². The van der Waals surface area contributed by atoms with E-state index in [4.69, 9.17) is 11.6 Å². The van der Waals surface area contributed by atoms with Gasteiger partial charge in [-0.25, -0.2) is 18.2 Å². The van der Waals surface area contributed by atoms with Gasteiger partial charge in [0.25, 0.3) is 0 Å². The first kappa shape index (κ1) is 19.1. The average Bonchev–Trinajstić information content (AvgIpc) is 2.58. The van der Waals surface area contributed by atoms with Gasteiger partial charge >= 0.3 is 0 Å². The van der Waals surface area contributed by atoms with Gasteiger partial charge in [0.15, 0.2) is 17.5 Å². The van der Waals surface area contributed by atoms with Crippen molar-refractivity contribution in [3.05, 3.63) is 52.3 Å². The van der Waals surface area contributed by atoms with Crippen LogP contribution in [0.4, 0.5) is 30.2 Å². The first-order chi connectivity index (χ1) is 11.7. The first-order valence-electron chi connectivity index (χ1n) is 7.67. The number of aryl methyl sites for hydroxylation is 1. The Morgan fingerprint density at radius 2 is 1.68 bits per heavy atom. The van der Waals surface area contributed by atoms with Gasteiger partial charge < -0.3 is 9.80 Å². The van der Waals surface area contributed by atoms with Crippen LogP contribution >= 0.6 is 11.6 Å². The van der Waals surface area contributed by atoms with Crippen LogP contribution in [0.25, 0.3) is 0 Å². The lowest BCUT2D eigenvalue weighted by atomic mass is 10.1. The van der Waals surface area contributed by atoms with Crippen molar-refractivity contribution < 1.29 is 13.2 Å². The zero-order valence-corrected chi connectivity index (χ0v) is 15.2. The largest absolute Gasteiger partial charge is 0.366 e. The van der Waals surface area contributed by atoms with Crippen LogP contribution in [-0.4, -0.2) is 31.9 Å². The Kier molecular flexibility index (Phi) is 5.95. The molecule has 0 amide bonds. The molecule has 0 saturated carbocycles. The molecule has 25 heavy (non-hydrogen) atoms. The number of rotatable bonds is 5. The van der Waals surface area contributed by atoms with E-state index >= 15 is 0 Å². The lowest BCUT2D eigenvalue weighted by Crippen LogP contribution is -2.14. The predicted octanol–water partition coefficient (Wildman–Crippen LogP) is 5.45. The molecule has 0 radical (unpaired) electrons. The van der Waals surface area contributed by atoms with E-state index in [2.05, 4.69) is 4.99 Å². The number of halogens is 4. The van der Waals surface area contributed by atoms with Crippen LogP contribution < -0.4 is 4.90 Å². The predicted molar refractivity (Wildman–Crippen MR) is 97.0 cm³/mol. The third kappa shape index (κ3) is 4.25. The standard InChI is InChI=1S/C18H19ClF3N3/c1-5-24(3)10-23-16-6-11(2)17(9-13(16)19)25(4)12-7-14(20)18(22)15(21)8-12/h6-10H,5H2,1-4H3. The summed E-state index contributed by atoms with van der Waals surface area (Å²) < 4.78 is 40.1. The number of hydrogen-bond acceptors (Lipinski definition) is 2. The Morgan fingerprint density at radius 3 is 2.24 bits per heavy atom. The smallest absolute Gasteiger partial charge is 0.194 e. The average molecular weight is 370 g/mol. The van der Waals surface area contributed by atoms with Crippen molar-refractivity contribution in [2.45, 2.75) is 13.8 Å². The maximum absolute atomic E-state index is 13.5. The molecule has 0 fully saturated rings. The Morgan fingerprint density at radius 1 is 1.08 bits per heavy atom. The van der Waals surface area contributed by atoms with Gasteiger partial charge in [0.1, 0.15) is 0 Å². The Bertz CT molecular complexity index is 785. The van der Waals surface area contributed by atoms with Crippen molar-refractivity contribution in [3.63, 3.8) is 0 Å². The summed E-state index contributed by atoms with van der Waals surface area (Å²) in [5.41, 5.74) is 2.21. The summed E-state index contributed by atoms with van der Waals surface area (Å²) in [5.74, 6) is -3.97. The van der Waals surface area contributed by atoms with Crippen LogP contribution in [0.5, 0.6) is 0 Å². The highest BCUT2D eigenvalue weighted by molar-refractivity contribution is 6.33. The SMILES string of the molecule is CCN(C)C=Nc1cc(C)c(N(C)c2cc(F)c(F)c(F)c2)cc1Cl. The molecule has 7 heteroatoms. The molecule has 0 aromatic heterocycles. The third-order valence-electron chi connectivity index (χ3n) is 3.88. The summed E-state index contributed by atoms with van der Waals surface area (Å²) >= 11 is 6.28. The number of anilines is 2. The van der Waals surface area contributed by atoms with Crippen LogP contribution in [0.3, 0.4) is 0 Å². The van der Waals surface area contributed by atoms with Gasteiger partial charge in [0.2, 0.25) is 0 Å².